The molecular weight excluding hydrogens is 300 g/mol. The summed E-state index contributed by atoms with van der Waals surface area (Å²) in [7, 11) is 0. The van der Waals surface area contributed by atoms with Gasteiger partial charge in [0.15, 0.2) is 6.04 Å². The van der Waals surface area contributed by atoms with Crippen molar-refractivity contribution in [2.75, 3.05) is 6.54 Å². The topological polar surface area (TPSA) is 32.3 Å². The average molecular weight is 312 g/mol. The van der Waals surface area contributed by atoms with Gasteiger partial charge in [0, 0.05) is 13.0 Å². The summed E-state index contributed by atoms with van der Waals surface area (Å²) in [5, 5.41) is 1.56. The zero-order valence-corrected chi connectivity index (χ0v) is 11.3. The number of nitrogens with zero attached hydrogens (tertiary/aromatic N) is 1. The van der Waals surface area contributed by atoms with Gasteiger partial charge in [-0.1, -0.05) is 24.3 Å². The molecule has 0 radical (unpaired) electrons. The molecule has 1 N–H and O–H groups in total. The van der Waals surface area contributed by atoms with Crippen molar-refractivity contribution in [1.29, 1.82) is 0 Å². The zero-order chi connectivity index (χ0) is 15.9. The third-order valence-electron chi connectivity index (χ3n) is 3.64. The van der Waals surface area contributed by atoms with Gasteiger partial charge in [-0.15, -0.1) is 0 Å². The average Bonchev–Trinajstić information content (AvgIpc) is 2.84. The van der Waals surface area contributed by atoms with E-state index in [2.05, 4.69) is 5.43 Å². The van der Waals surface area contributed by atoms with Gasteiger partial charge in [0.2, 0.25) is 5.91 Å². The molecule has 1 atom stereocenters. The Balaban J connectivity index is 2.16. The van der Waals surface area contributed by atoms with Crippen LogP contribution >= 0.6 is 0 Å². The number of carbonyl (C=O) groups is 1. The Morgan fingerprint density at radius 3 is 2.59 bits per heavy atom. The molecule has 2 aromatic carbocycles. The fraction of sp³-hybridized carbons (Fsp3) is 0.267. The number of amides is 1. The minimum atomic E-state index is -4.60. The number of hydrogen-bond donors (Lipinski definition) is 1. The molecule has 7 heteroatoms. The molecule has 116 valence electrons. The Labute approximate surface area is 123 Å². The number of hydrogen-bond acceptors (Lipinski definition) is 2. The SMILES string of the molecule is O=C1CCN([C@@H](c2cccc3ccc(F)cc23)C(F)(F)F)N1. The summed E-state index contributed by atoms with van der Waals surface area (Å²) in [6, 6.07) is 6.13. The van der Waals surface area contributed by atoms with E-state index in [0.717, 1.165) is 11.1 Å². The first-order valence-corrected chi connectivity index (χ1v) is 6.67. The standard InChI is InChI=1S/C15H12F4N2O/c16-10-5-4-9-2-1-3-11(12(9)8-10)14(15(17,18)19)21-7-6-13(22)20-21/h1-5,8,14H,6-7H2,(H,20,22)/t14-/m0/s1. The van der Waals surface area contributed by atoms with Crippen LogP contribution in [-0.2, 0) is 4.79 Å². The second kappa shape index (κ2) is 5.24. The molecule has 3 nitrogen and oxygen atoms in total. The quantitative estimate of drug-likeness (QED) is 0.863. The smallest absolute Gasteiger partial charge is 0.288 e. The summed E-state index contributed by atoms with van der Waals surface area (Å²) in [6.07, 6.45) is -4.59. The van der Waals surface area contributed by atoms with Gasteiger partial charge in [-0.2, -0.15) is 13.2 Å². The van der Waals surface area contributed by atoms with Crippen LogP contribution in [0.3, 0.4) is 0 Å². The highest BCUT2D eigenvalue weighted by atomic mass is 19.4. The number of fused-ring (bicyclic) bond motifs is 1. The molecular formula is C15H12F4N2O. The van der Waals surface area contributed by atoms with Crippen LogP contribution in [0, 0.1) is 5.82 Å². The van der Waals surface area contributed by atoms with E-state index in [0.29, 0.717) is 5.39 Å². The minimum Gasteiger partial charge on any atom is -0.288 e. The summed E-state index contributed by atoms with van der Waals surface area (Å²) in [5.41, 5.74) is 2.14. The fourth-order valence-electron chi connectivity index (χ4n) is 2.72. The maximum Gasteiger partial charge on any atom is 0.409 e. The van der Waals surface area contributed by atoms with Gasteiger partial charge in [0.05, 0.1) is 0 Å². The first-order chi connectivity index (χ1) is 10.4. The first-order valence-electron chi connectivity index (χ1n) is 6.67. The molecule has 0 saturated carbocycles. The number of halogens is 4. The van der Waals surface area contributed by atoms with Gasteiger partial charge in [-0.25, -0.2) is 9.40 Å². The third kappa shape index (κ3) is 2.64. The third-order valence-corrected chi connectivity index (χ3v) is 3.64. The maximum absolute atomic E-state index is 13.5. The van der Waals surface area contributed by atoms with Crippen LogP contribution in [-0.4, -0.2) is 23.6 Å². The van der Waals surface area contributed by atoms with Crippen molar-refractivity contribution in [3.05, 3.63) is 47.8 Å². The second-order valence-electron chi connectivity index (χ2n) is 5.14. The largest absolute Gasteiger partial charge is 0.409 e. The van der Waals surface area contributed by atoms with Crippen molar-refractivity contribution in [1.82, 2.24) is 10.4 Å². The predicted molar refractivity (Wildman–Crippen MR) is 72.2 cm³/mol. The van der Waals surface area contributed by atoms with Crippen LogP contribution in [0.15, 0.2) is 36.4 Å². The first kappa shape index (κ1) is 14.8. The molecule has 0 bridgehead atoms. The van der Waals surface area contributed by atoms with Crippen molar-refractivity contribution >= 4 is 16.7 Å². The van der Waals surface area contributed by atoms with E-state index in [4.69, 9.17) is 0 Å². The van der Waals surface area contributed by atoms with Gasteiger partial charge in [-0.3, -0.25) is 10.2 Å². The summed E-state index contributed by atoms with van der Waals surface area (Å²) < 4.78 is 54.0. The summed E-state index contributed by atoms with van der Waals surface area (Å²) in [4.78, 5) is 11.3. The second-order valence-corrected chi connectivity index (χ2v) is 5.14. The summed E-state index contributed by atoms with van der Waals surface area (Å²) in [5.74, 6) is -1.06. The Kier molecular flexibility index (Phi) is 3.52. The molecule has 1 saturated heterocycles. The van der Waals surface area contributed by atoms with Gasteiger partial charge in [0.25, 0.3) is 0 Å². The normalized spacial score (nSPS) is 17.7. The molecule has 22 heavy (non-hydrogen) atoms. The highest BCUT2D eigenvalue weighted by molar-refractivity contribution is 5.86. The van der Waals surface area contributed by atoms with Crippen LogP contribution in [0.2, 0.25) is 0 Å². The van der Waals surface area contributed by atoms with Gasteiger partial charge >= 0.3 is 6.18 Å². The fourth-order valence-corrected chi connectivity index (χ4v) is 2.72. The number of rotatable bonds is 2. The van der Waals surface area contributed by atoms with Gasteiger partial charge in [-0.05, 0) is 28.5 Å². The maximum atomic E-state index is 13.5. The van der Waals surface area contributed by atoms with Crippen molar-refractivity contribution in [3.8, 4) is 0 Å². The van der Waals surface area contributed by atoms with Gasteiger partial charge < -0.3 is 0 Å². The van der Waals surface area contributed by atoms with Crippen molar-refractivity contribution in [2.45, 2.75) is 18.6 Å². The predicted octanol–water partition coefficient (Wildman–Crippen LogP) is 3.32. The molecule has 1 amide bonds. The lowest BCUT2D eigenvalue weighted by molar-refractivity contribution is -0.190. The number of alkyl halides is 3. The van der Waals surface area contributed by atoms with E-state index < -0.39 is 23.9 Å². The number of carbonyl (C=O) groups excluding carboxylic acids is 1. The highest BCUT2D eigenvalue weighted by Gasteiger charge is 2.47. The lowest BCUT2D eigenvalue weighted by atomic mass is 9.97. The Morgan fingerprint density at radius 1 is 1.18 bits per heavy atom. The molecule has 3 rings (SSSR count). The monoisotopic (exact) mass is 312 g/mol. The molecule has 1 heterocycles. The van der Waals surface area contributed by atoms with E-state index in [1.165, 1.54) is 24.3 Å². The van der Waals surface area contributed by atoms with Crippen LogP contribution in [0.25, 0.3) is 10.8 Å². The lowest BCUT2D eigenvalue weighted by Crippen LogP contribution is -2.43. The molecule has 0 spiro atoms. The zero-order valence-electron chi connectivity index (χ0n) is 11.3. The van der Waals surface area contributed by atoms with E-state index >= 15 is 0 Å². The summed E-state index contributed by atoms with van der Waals surface area (Å²) >= 11 is 0. The van der Waals surface area contributed by atoms with Crippen molar-refractivity contribution in [3.63, 3.8) is 0 Å². The van der Waals surface area contributed by atoms with Crippen molar-refractivity contribution < 1.29 is 22.4 Å². The lowest BCUT2D eigenvalue weighted by Gasteiger charge is -2.30. The minimum absolute atomic E-state index is 0.00566. The molecule has 0 aromatic heterocycles. The van der Waals surface area contributed by atoms with Crippen LogP contribution < -0.4 is 5.43 Å². The molecule has 1 aliphatic rings. The van der Waals surface area contributed by atoms with E-state index in [9.17, 15) is 22.4 Å². The molecule has 1 aliphatic heterocycles. The van der Waals surface area contributed by atoms with Crippen LogP contribution in [0.4, 0.5) is 17.6 Å². The molecule has 0 aliphatic carbocycles. The Hall–Kier alpha value is -2.15. The van der Waals surface area contributed by atoms with Crippen LogP contribution in [0.5, 0.6) is 0 Å². The Morgan fingerprint density at radius 2 is 1.95 bits per heavy atom. The number of benzene rings is 2. The van der Waals surface area contributed by atoms with E-state index in [1.807, 2.05) is 0 Å². The summed E-state index contributed by atoms with van der Waals surface area (Å²) in [6.45, 7) is -0.0469. The van der Waals surface area contributed by atoms with Gasteiger partial charge in [0.1, 0.15) is 5.82 Å². The number of hydrazine groups is 1. The molecule has 2 aromatic rings. The van der Waals surface area contributed by atoms with Crippen molar-refractivity contribution in [2.24, 2.45) is 0 Å². The highest BCUT2D eigenvalue weighted by Crippen LogP contribution is 2.40. The molecule has 1 fully saturated rings. The van der Waals surface area contributed by atoms with E-state index in [1.54, 1.807) is 6.07 Å². The number of nitrogens with one attached hydrogen (secondary N) is 1. The van der Waals surface area contributed by atoms with Crippen LogP contribution in [0.1, 0.15) is 18.0 Å². The molecule has 0 unspecified atom stereocenters. The Bertz CT molecular complexity index is 729. The van der Waals surface area contributed by atoms with E-state index in [-0.39, 0.29) is 23.9 Å².